The maximum atomic E-state index is 11.7. The number of carbonyl (C=O) groups is 1. The van der Waals surface area contributed by atoms with Crippen LogP contribution in [0.4, 0.5) is 5.69 Å². The number of ether oxygens (including phenoxy) is 2. The van der Waals surface area contributed by atoms with Crippen LogP contribution in [0.1, 0.15) is 19.4 Å². The second kappa shape index (κ2) is 9.12. The summed E-state index contributed by atoms with van der Waals surface area (Å²) in [5.41, 5.74) is 7.21. The molecule has 20 heavy (non-hydrogen) atoms. The predicted molar refractivity (Wildman–Crippen MR) is 79.9 cm³/mol. The highest BCUT2D eigenvalue weighted by molar-refractivity contribution is 5.91. The maximum Gasteiger partial charge on any atom is 0.244 e. The minimum atomic E-state index is -0.408. The highest BCUT2D eigenvalue weighted by atomic mass is 16.7. The zero-order valence-electron chi connectivity index (χ0n) is 12.0. The standard InChI is InChI=1S/C15H22N2O3/c1-3-19-15(20-4-2)11-17-14(18)9-8-12-6-5-7-13(16)10-12/h5-10,15H,3-4,11,16H2,1-2H3,(H,17,18)/b9-8+. The van der Waals surface area contributed by atoms with Gasteiger partial charge in [-0.2, -0.15) is 0 Å². The maximum absolute atomic E-state index is 11.7. The molecule has 5 nitrogen and oxygen atoms in total. The summed E-state index contributed by atoms with van der Waals surface area (Å²) >= 11 is 0. The Morgan fingerprint density at radius 3 is 2.65 bits per heavy atom. The summed E-state index contributed by atoms with van der Waals surface area (Å²) in [5, 5.41) is 2.73. The van der Waals surface area contributed by atoms with Gasteiger partial charge in [-0.25, -0.2) is 0 Å². The molecule has 0 unspecified atom stereocenters. The van der Waals surface area contributed by atoms with E-state index in [2.05, 4.69) is 5.32 Å². The third-order valence-electron chi connectivity index (χ3n) is 2.49. The minimum absolute atomic E-state index is 0.197. The fourth-order valence-electron chi connectivity index (χ4n) is 1.62. The lowest BCUT2D eigenvalue weighted by atomic mass is 10.2. The van der Waals surface area contributed by atoms with Crippen molar-refractivity contribution in [3.8, 4) is 0 Å². The molecule has 5 heteroatoms. The van der Waals surface area contributed by atoms with Crippen LogP contribution in [0.25, 0.3) is 6.08 Å². The fourth-order valence-corrected chi connectivity index (χ4v) is 1.62. The summed E-state index contributed by atoms with van der Waals surface area (Å²) in [6.07, 6.45) is 2.76. The lowest BCUT2D eigenvalue weighted by molar-refractivity contribution is -0.138. The normalized spacial score (nSPS) is 11.2. The summed E-state index contributed by atoms with van der Waals surface area (Å²) in [5.74, 6) is -0.197. The van der Waals surface area contributed by atoms with Crippen molar-refractivity contribution in [1.82, 2.24) is 5.32 Å². The van der Waals surface area contributed by atoms with Gasteiger partial charge in [0.2, 0.25) is 5.91 Å². The predicted octanol–water partition coefficient (Wildman–Crippen LogP) is 1.80. The Kier molecular flexibility index (Phi) is 7.39. The van der Waals surface area contributed by atoms with Crippen LogP contribution in [0, 0.1) is 0 Å². The quantitative estimate of drug-likeness (QED) is 0.432. The number of nitrogens with one attached hydrogen (secondary N) is 1. The van der Waals surface area contributed by atoms with Crippen molar-refractivity contribution in [2.75, 3.05) is 25.5 Å². The van der Waals surface area contributed by atoms with E-state index in [1.807, 2.05) is 26.0 Å². The van der Waals surface area contributed by atoms with Gasteiger partial charge in [0, 0.05) is 25.0 Å². The van der Waals surface area contributed by atoms with Crippen molar-refractivity contribution in [1.29, 1.82) is 0 Å². The van der Waals surface area contributed by atoms with Gasteiger partial charge in [0.25, 0.3) is 0 Å². The molecule has 0 atom stereocenters. The molecule has 0 aliphatic carbocycles. The average Bonchev–Trinajstić information content (AvgIpc) is 2.43. The van der Waals surface area contributed by atoms with Crippen LogP contribution in [0.5, 0.6) is 0 Å². The molecule has 0 spiro atoms. The van der Waals surface area contributed by atoms with Crippen LogP contribution in [-0.2, 0) is 14.3 Å². The highest BCUT2D eigenvalue weighted by Gasteiger charge is 2.08. The molecule has 1 rings (SSSR count). The third kappa shape index (κ3) is 6.36. The fraction of sp³-hybridized carbons (Fsp3) is 0.400. The van der Waals surface area contributed by atoms with E-state index in [1.165, 1.54) is 6.08 Å². The van der Waals surface area contributed by atoms with E-state index in [0.717, 1.165) is 5.56 Å². The molecule has 1 amide bonds. The van der Waals surface area contributed by atoms with Gasteiger partial charge >= 0.3 is 0 Å². The molecule has 0 saturated carbocycles. The van der Waals surface area contributed by atoms with Crippen LogP contribution in [0.3, 0.4) is 0 Å². The Morgan fingerprint density at radius 2 is 2.05 bits per heavy atom. The van der Waals surface area contributed by atoms with Crippen molar-refractivity contribution >= 4 is 17.7 Å². The molecule has 1 aromatic carbocycles. The molecule has 0 aliphatic heterocycles. The monoisotopic (exact) mass is 278 g/mol. The van der Waals surface area contributed by atoms with Gasteiger partial charge in [-0.05, 0) is 37.6 Å². The topological polar surface area (TPSA) is 73.6 Å². The van der Waals surface area contributed by atoms with E-state index in [-0.39, 0.29) is 5.91 Å². The first kappa shape index (κ1) is 16.2. The minimum Gasteiger partial charge on any atom is -0.399 e. The Balaban J connectivity index is 2.42. The molecular formula is C15H22N2O3. The molecule has 0 bridgehead atoms. The number of anilines is 1. The molecule has 1 aromatic rings. The Bertz CT molecular complexity index is 440. The first-order chi connectivity index (χ1) is 9.65. The number of hydrogen-bond acceptors (Lipinski definition) is 4. The van der Waals surface area contributed by atoms with E-state index in [9.17, 15) is 4.79 Å². The molecule has 0 aromatic heterocycles. The second-order valence-electron chi connectivity index (χ2n) is 4.09. The third-order valence-corrected chi connectivity index (χ3v) is 2.49. The van der Waals surface area contributed by atoms with Crippen molar-refractivity contribution in [3.63, 3.8) is 0 Å². The number of rotatable bonds is 8. The van der Waals surface area contributed by atoms with Crippen LogP contribution >= 0.6 is 0 Å². The number of nitrogens with two attached hydrogens (primary N) is 1. The Hall–Kier alpha value is -1.85. The van der Waals surface area contributed by atoms with E-state index in [1.54, 1.807) is 18.2 Å². The molecule has 0 saturated heterocycles. The summed E-state index contributed by atoms with van der Waals surface area (Å²) in [4.78, 5) is 11.7. The zero-order chi connectivity index (χ0) is 14.8. The second-order valence-corrected chi connectivity index (χ2v) is 4.09. The van der Waals surface area contributed by atoms with E-state index in [0.29, 0.717) is 25.4 Å². The summed E-state index contributed by atoms with van der Waals surface area (Å²) < 4.78 is 10.7. The van der Waals surface area contributed by atoms with Gasteiger partial charge < -0.3 is 20.5 Å². The highest BCUT2D eigenvalue weighted by Crippen LogP contribution is 2.07. The lowest BCUT2D eigenvalue weighted by Crippen LogP contribution is -2.34. The van der Waals surface area contributed by atoms with Crippen LogP contribution in [0.2, 0.25) is 0 Å². The largest absolute Gasteiger partial charge is 0.399 e. The van der Waals surface area contributed by atoms with Gasteiger partial charge in [0.05, 0.1) is 6.54 Å². The molecule has 0 radical (unpaired) electrons. The van der Waals surface area contributed by atoms with Crippen LogP contribution in [0.15, 0.2) is 30.3 Å². The average molecular weight is 278 g/mol. The molecular weight excluding hydrogens is 256 g/mol. The first-order valence-corrected chi connectivity index (χ1v) is 6.70. The SMILES string of the molecule is CCOC(CNC(=O)/C=C/c1cccc(N)c1)OCC. The lowest BCUT2D eigenvalue weighted by Gasteiger charge is -2.16. The van der Waals surface area contributed by atoms with Gasteiger partial charge in [0.1, 0.15) is 0 Å². The van der Waals surface area contributed by atoms with Crippen LogP contribution < -0.4 is 11.1 Å². The molecule has 0 heterocycles. The molecule has 110 valence electrons. The number of carbonyl (C=O) groups excluding carboxylic acids is 1. The number of nitrogen functional groups attached to an aromatic ring is 1. The van der Waals surface area contributed by atoms with E-state index >= 15 is 0 Å². The number of benzene rings is 1. The number of amides is 1. The molecule has 0 fully saturated rings. The summed E-state index contributed by atoms with van der Waals surface area (Å²) in [6.45, 7) is 5.17. The van der Waals surface area contributed by atoms with Gasteiger partial charge in [-0.1, -0.05) is 12.1 Å². The Labute approximate surface area is 119 Å². The van der Waals surface area contributed by atoms with Crippen molar-refractivity contribution in [2.45, 2.75) is 20.1 Å². The first-order valence-electron chi connectivity index (χ1n) is 6.70. The smallest absolute Gasteiger partial charge is 0.244 e. The van der Waals surface area contributed by atoms with Crippen molar-refractivity contribution in [3.05, 3.63) is 35.9 Å². The molecule has 3 N–H and O–H groups in total. The van der Waals surface area contributed by atoms with Gasteiger partial charge in [0.15, 0.2) is 6.29 Å². The summed E-state index contributed by atoms with van der Waals surface area (Å²) in [7, 11) is 0. The van der Waals surface area contributed by atoms with Gasteiger partial charge in [-0.15, -0.1) is 0 Å². The van der Waals surface area contributed by atoms with Crippen molar-refractivity contribution < 1.29 is 14.3 Å². The van der Waals surface area contributed by atoms with Crippen LogP contribution in [-0.4, -0.2) is 32.0 Å². The summed E-state index contributed by atoms with van der Waals surface area (Å²) in [6, 6.07) is 7.32. The van der Waals surface area contributed by atoms with E-state index < -0.39 is 6.29 Å². The molecule has 0 aliphatic rings. The Morgan fingerprint density at radius 1 is 1.35 bits per heavy atom. The van der Waals surface area contributed by atoms with E-state index in [4.69, 9.17) is 15.2 Å². The number of hydrogen-bond donors (Lipinski definition) is 2. The van der Waals surface area contributed by atoms with Crippen molar-refractivity contribution in [2.24, 2.45) is 0 Å². The zero-order valence-corrected chi connectivity index (χ0v) is 12.0. The van der Waals surface area contributed by atoms with Gasteiger partial charge in [-0.3, -0.25) is 4.79 Å².